The highest BCUT2D eigenvalue weighted by atomic mass is 16.3. The molecule has 1 aromatic heterocycles. The fourth-order valence-corrected chi connectivity index (χ4v) is 6.72. The Kier molecular flexibility index (Phi) is 4.27. The summed E-state index contributed by atoms with van der Waals surface area (Å²) in [5, 5.41) is 8.74. The van der Waals surface area contributed by atoms with Crippen molar-refractivity contribution in [3.05, 3.63) is 158 Å². The molecule has 9 aromatic rings. The zero-order valence-corrected chi connectivity index (χ0v) is 23.0. The fourth-order valence-electron chi connectivity index (χ4n) is 6.72. The van der Waals surface area contributed by atoms with E-state index in [1.54, 1.807) is 0 Å². The van der Waals surface area contributed by atoms with E-state index in [0.717, 1.165) is 71.1 Å². The molecule has 200 valence electrons. The molecule has 8 aromatic carbocycles. The maximum Gasteiger partial charge on any atom is 0.143 e. The van der Waals surface area contributed by atoms with Gasteiger partial charge in [-0.1, -0.05) is 145 Å². The maximum atomic E-state index is 8.60. The lowest BCUT2D eigenvalue weighted by molar-refractivity contribution is 0.670. The first-order valence-corrected chi connectivity index (χ1v) is 14.4. The lowest BCUT2D eigenvalue weighted by atomic mass is 9.85. The second kappa shape index (κ2) is 9.44. The molecular weight excluding hydrogens is 520 g/mol. The van der Waals surface area contributed by atoms with Crippen LogP contribution >= 0.6 is 0 Å². The van der Waals surface area contributed by atoms with E-state index in [-0.39, 0.29) is 29.7 Å². The third-order valence-electron chi connectivity index (χ3n) is 8.53. The summed E-state index contributed by atoms with van der Waals surface area (Å²) in [4.78, 5) is 0. The Morgan fingerprint density at radius 3 is 1.79 bits per heavy atom. The number of fused-ring (bicyclic) bond motifs is 7. The lowest BCUT2D eigenvalue weighted by Crippen LogP contribution is -1.91. The first-order chi connectivity index (χ1) is 23.4. The van der Waals surface area contributed by atoms with Gasteiger partial charge in [0.05, 0.1) is 6.85 Å². The second-order valence-electron chi connectivity index (χ2n) is 10.9. The van der Waals surface area contributed by atoms with Crippen molar-refractivity contribution in [3.63, 3.8) is 0 Å². The highest BCUT2D eigenvalue weighted by molar-refractivity contribution is 6.26. The summed E-state index contributed by atoms with van der Waals surface area (Å²) in [5.74, 6) is 0. The number of para-hydroxylation sites is 1. The third-order valence-corrected chi connectivity index (χ3v) is 8.53. The molecule has 0 radical (unpaired) electrons. The summed E-state index contributed by atoms with van der Waals surface area (Å²) in [7, 11) is 0. The van der Waals surface area contributed by atoms with Gasteiger partial charge >= 0.3 is 0 Å². The highest BCUT2D eigenvalue weighted by Gasteiger charge is 2.20. The van der Waals surface area contributed by atoms with E-state index in [1.807, 2.05) is 36.4 Å². The average molecular weight is 552 g/mol. The van der Waals surface area contributed by atoms with Crippen molar-refractivity contribution in [3.8, 4) is 33.4 Å². The monoisotopic (exact) mass is 551 g/mol. The summed E-state index contributed by atoms with van der Waals surface area (Å²) < 4.78 is 48.4. The van der Waals surface area contributed by atoms with Gasteiger partial charge in [-0.05, 0) is 66.7 Å². The fraction of sp³-hybridized carbons (Fsp3) is 0. The minimum atomic E-state index is -0.398. The van der Waals surface area contributed by atoms with Gasteiger partial charge in [-0.15, -0.1) is 0 Å². The van der Waals surface area contributed by atoms with Gasteiger partial charge in [0.1, 0.15) is 11.2 Å². The lowest BCUT2D eigenvalue weighted by Gasteiger charge is -2.18. The molecule has 43 heavy (non-hydrogen) atoms. The van der Waals surface area contributed by atoms with Crippen LogP contribution in [0.15, 0.2) is 162 Å². The van der Waals surface area contributed by atoms with Gasteiger partial charge in [-0.2, -0.15) is 0 Å². The Morgan fingerprint density at radius 2 is 1.05 bits per heavy atom. The van der Waals surface area contributed by atoms with Crippen molar-refractivity contribution in [1.29, 1.82) is 0 Å². The zero-order chi connectivity index (χ0) is 32.7. The molecule has 0 spiro atoms. The Labute approximate surface area is 256 Å². The quantitative estimate of drug-likeness (QED) is 0.199. The molecule has 0 unspecified atom stereocenters. The molecule has 0 N–H and O–H groups in total. The molecule has 1 heterocycles. The van der Waals surface area contributed by atoms with Crippen molar-refractivity contribution < 1.29 is 11.3 Å². The van der Waals surface area contributed by atoms with E-state index >= 15 is 0 Å². The predicted octanol–water partition coefficient (Wildman–Crippen LogP) is 12.0. The van der Waals surface area contributed by atoms with Crippen molar-refractivity contribution >= 4 is 54.3 Å². The highest BCUT2D eigenvalue weighted by Crippen LogP contribution is 2.47. The smallest absolute Gasteiger partial charge is 0.143 e. The number of benzene rings is 8. The van der Waals surface area contributed by atoms with E-state index in [2.05, 4.69) is 91.0 Å². The number of hydrogen-bond donors (Lipinski definition) is 0. The van der Waals surface area contributed by atoms with Crippen LogP contribution in [0.1, 0.15) is 6.85 Å². The van der Waals surface area contributed by atoms with E-state index in [4.69, 9.17) is 11.3 Å². The number of hydrogen-bond acceptors (Lipinski definition) is 1. The van der Waals surface area contributed by atoms with Crippen LogP contribution in [0.5, 0.6) is 0 Å². The Balaban J connectivity index is 1.35. The van der Waals surface area contributed by atoms with Crippen LogP contribution in [-0.4, -0.2) is 0 Å². The van der Waals surface area contributed by atoms with E-state index in [1.165, 1.54) is 5.39 Å². The minimum Gasteiger partial charge on any atom is -0.455 e. The van der Waals surface area contributed by atoms with Gasteiger partial charge in [0.15, 0.2) is 0 Å². The van der Waals surface area contributed by atoms with Gasteiger partial charge in [0, 0.05) is 21.9 Å². The van der Waals surface area contributed by atoms with Gasteiger partial charge in [0.2, 0.25) is 0 Å². The molecule has 0 aliphatic heterocycles. The molecule has 0 bridgehead atoms. The normalized spacial score (nSPS) is 13.3. The molecule has 0 aliphatic rings. The van der Waals surface area contributed by atoms with E-state index in [9.17, 15) is 0 Å². The van der Waals surface area contributed by atoms with Crippen LogP contribution < -0.4 is 0 Å². The summed E-state index contributed by atoms with van der Waals surface area (Å²) in [6.07, 6.45) is 0. The van der Waals surface area contributed by atoms with Gasteiger partial charge in [-0.25, -0.2) is 0 Å². The van der Waals surface area contributed by atoms with Crippen LogP contribution in [-0.2, 0) is 0 Å². The third kappa shape index (κ3) is 3.65. The molecule has 1 nitrogen and oxygen atoms in total. The van der Waals surface area contributed by atoms with E-state index in [0.29, 0.717) is 5.56 Å². The molecule has 0 atom stereocenters. The average Bonchev–Trinajstić information content (AvgIpc) is 3.52. The van der Waals surface area contributed by atoms with Crippen molar-refractivity contribution in [2.45, 2.75) is 0 Å². The van der Waals surface area contributed by atoms with Crippen LogP contribution in [0.4, 0.5) is 0 Å². The first kappa shape index (κ1) is 19.5. The van der Waals surface area contributed by atoms with Crippen molar-refractivity contribution in [2.24, 2.45) is 0 Å². The minimum absolute atomic E-state index is 0.192. The van der Waals surface area contributed by atoms with Gasteiger partial charge < -0.3 is 4.42 Å². The largest absolute Gasteiger partial charge is 0.455 e. The summed E-state index contributed by atoms with van der Waals surface area (Å²) in [6, 6.07) is 41.9. The number of rotatable bonds is 3. The summed E-state index contributed by atoms with van der Waals surface area (Å²) in [6.45, 7) is 0. The first-order valence-electron chi connectivity index (χ1n) is 16.9. The molecule has 0 saturated heterocycles. The Hall–Kier alpha value is -5.66. The van der Waals surface area contributed by atoms with Crippen molar-refractivity contribution in [2.75, 3.05) is 0 Å². The van der Waals surface area contributed by atoms with Gasteiger partial charge in [-0.3, -0.25) is 0 Å². The van der Waals surface area contributed by atoms with E-state index < -0.39 is 6.04 Å². The maximum absolute atomic E-state index is 8.60. The van der Waals surface area contributed by atoms with Crippen LogP contribution in [0.25, 0.3) is 87.6 Å². The van der Waals surface area contributed by atoms with Gasteiger partial charge in [0.25, 0.3) is 0 Å². The Morgan fingerprint density at radius 1 is 0.442 bits per heavy atom. The zero-order valence-electron chi connectivity index (χ0n) is 28.0. The molecule has 0 aliphatic carbocycles. The number of furan rings is 1. The summed E-state index contributed by atoms with van der Waals surface area (Å²) >= 11 is 0. The Bertz CT molecular complexity index is 2710. The summed E-state index contributed by atoms with van der Waals surface area (Å²) in [5.41, 5.74) is 6.47. The van der Waals surface area contributed by atoms with Crippen LogP contribution in [0, 0.1) is 0 Å². The molecule has 0 saturated carbocycles. The molecule has 9 rings (SSSR count). The van der Waals surface area contributed by atoms with Crippen LogP contribution in [0.3, 0.4) is 0 Å². The molecule has 0 fully saturated rings. The second-order valence-corrected chi connectivity index (χ2v) is 10.9. The predicted molar refractivity (Wildman–Crippen MR) is 183 cm³/mol. The molecule has 1 heteroatoms. The van der Waals surface area contributed by atoms with Crippen LogP contribution in [0.2, 0.25) is 0 Å². The van der Waals surface area contributed by atoms with Crippen molar-refractivity contribution in [1.82, 2.24) is 0 Å². The molecule has 0 amide bonds. The molecular formula is C42H26O. The standard InChI is InChI=1S/C42H26O/c1-2-12-27(13-3-1)29-15-10-16-30(26-29)39-32-18-6-8-20-34(32)40(35-21-9-7-19-33(35)39)36-22-11-23-37-41-31-17-5-4-14-28(31)24-25-38(41)43-42(36)37/h1-26H/i1D,2D,3D,12D,13D. The topological polar surface area (TPSA) is 13.1 Å². The SMILES string of the molecule is [2H]c1c([2H])c([2H])c(-c2cccc(-c3c4ccccc4c(-c4cccc5c4oc4ccc6ccccc6c45)c4ccccc34)c2)c([2H])c1[2H].